The number of carbonyl (C=O) groups excluding carboxylic acids is 1. The fourth-order valence-corrected chi connectivity index (χ4v) is 2.87. The van der Waals surface area contributed by atoms with E-state index in [0.717, 1.165) is 16.9 Å². The smallest absolute Gasteiger partial charge is 0.230 e. The van der Waals surface area contributed by atoms with Gasteiger partial charge < -0.3 is 15.9 Å². The van der Waals surface area contributed by atoms with E-state index in [1.807, 2.05) is 39.8 Å². The zero-order valence-corrected chi connectivity index (χ0v) is 15.9. The predicted molar refractivity (Wildman–Crippen MR) is 99.0 cm³/mol. The average molecular weight is 363 g/mol. The van der Waals surface area contributed by atoms with Crippen molar-refractivity contribution in [2.24, 2.45) is 5.92 Å². The number of nitrogens with one attached hydrogen (secondary N) is 1. The number of benzene rings is 1. The summed E-state index contributed by atoms with van der Waals surface area (Å²) in [7, 11) is 0. The lowest BCUT2D eigenvalue weighted by Gasteiger charge is -2.08. The molecule has 136 valence electrons. The highest BCUT2D eigenvalue weighted by molar-refractivity contribution is 7.99. The molecule has 3 N–H and O–H groups in total. The Morgan fingerprint density at radius 1 is 1.28 bits per heavy atom. The summed E-state index contributed by atoms with van der Waals surface area (Å²) in [6.45, 7) is 9.00. The van der Waals surface area contributed by atoms with E-state index in [1.54, 1.807) is 0 Å². The van der Waals surface area contributed by atoms with Gasteiger partial charge in [0.1, 0.15) is 12.4 Å². The van der Waals surface area contributed by atoms with Gasteiger partial charge >= 0.3 is 0 Å². The third kappa shape index (κ3) is 5.97. The first kappa shape index (κ1) is 19.1. The minimum atomic E-state index is -0.0465. The maximum absolute atomic E-state index is 11.8. The van der Waals surface area contributed by atoms with Crippen LogP contribution in [-0.2, 0) is 11.4 Å². The van der Waals surface area contributed by atoms with Crippen LogP contribution in [-0.4, -0.2) is 33.1 Å². The van der Waals surface area contributed by atoms with E-state index in [4.69, 9.17) is 10.6 Å². The highest BCUT2D eigenvalue weighted by atomic mass is 32.2. The molecule has 0 fully saturated rings. The zero-order chi connectivity index (χ0) is 18.4. The number of nitrogens with two attached hydrogens (primary N) is 1. The summed E-state index contributed by atoms with van der Waals surface area (Å²) < 4.78 is 7.11. The average Bonchev–Trinajstić information content (AvgIpc) is 2.88. The first-order valence-electron chi connectivity index (χ1n) is 8.15. The van der Waals surface area contributed by atoms with Crippen LogP contribution in [0.1, 0.15) is 30.8 Å². The van der Waals surface area contributed by atoms with Crippen LogP contribution in [0.2, 0.25) is 0 Å². The molecule has 0 aliphatic carbocycles. The summed E-state index contributed by atoms with van der Waals surface area (Å²) in [6, 6.07) is 6.00. The van der Waals surface area contributed by atoms with Gasteiger partial charge in [-0.25, -0.2) is 4.68 Å². The van der Waals surface area contributed by atoms with Gasteiger partial charge in [-0.05, 0) is 43.0 Å². The van der Waals surface area contributed by atoms with E-state index in [0.29, 0.717) is 23.4 Å². The lowest BCUT2D eigenvalue weighted by atomic mass is 10.1. The van der Waals surface area contributed by atoms with Gasteiger partial charge in [-0.2, -0.15) is 0 Å². The molecule has 8 heteroatoms. The van der Waals surface area contributed by atoms with Gasteiger partial charge in [-0.1, -0.05) is 31.7 Å². The lowest BCUT2D eigenvalue weighted by Crippen LogP contribution is -2.29. The van der Waals surface area contributed by atoms with Gasteiger partial charge in [0, 0.05) is 6.54 Å². The number of amides is 1. The summed E-state index contributed by atoms with van der Waals surface area (Å²) in [6.07, 6.45) is 0. The first-order chi connectivity index (χ1) is 11.8. The molecule has 25 heavy (non-hydrogen) atoms. The van der Waals surface area contributed by atoms with Crippen LogP contribution in [0, 0.1) is 19.8 Å². The Labute approximate surface area is 152 Å². The minimum Gasteiger partial charge on any atom is -0.486 e. The standard InChI is InChI=1S/C17H25N5O2S/c1-11(2)8-19-16(23)10-25-17-21-20-15(22(17)18)9-24-14-6-12(3)5-13(4)7-14/h5-7,11H,8-10,18H2,1-4H3,(H,19,23). The number of hydrogen-bond acceptors (Lipinski definition) is 6. The molecule has 0 aliphatic rings. The molecule has 1 amide bonds. The zero-order valence-electron chi connectivity index (χ0n) is 15.1. The maximum atomic E-state index is 11.8. The van der Waals surface area contributed by atoms with Gasteiger partial charge in [0.25, 0.3) is 0 Å². The van der Waals surface area contributed by atoms with Crippen LogP contribution in [0.15, 0.2) is 23.4 Å². The topological polar surface area (TPSA) is 95.1 Å². The first-order valence-corrected chi connectivity index (χ1v) is 9.13. The molecule has 0 unspecified atom stereocenters. The molecule has 0 saturated carbocycles. The number of aromatic nitrogens is 3. The molecule has 2 aromatic rings. The summed E-state index contributed by atoms with van der Waals surface area (Å²) in [4.78, 5) is 11.8. The van der Waals surface area contributed by atoms with Crippen LogP contribution in [0.5, 0.6) is 5.75 Å². The number of hydrogen-bond donors (Lipinski definition) is 2. The van der Waals surface area contributed by atoms with E-state index in [2.05, 4.69) is 21.6 Å². The van der Waals surface area contributed by atoms with Crippen LogP contribution < -0.4 is 15.9 Å². The van der Waals surface area contributed by atoms with E-state index in [-0.39, 0.29) is 18.3 Å². The van der Waals surface area contributed by atoms with Gasteiger partial charge in [-0.15, -0.1) is 10.2 Å². The van der Waals surface area contributed by atoms with E-state index < -0.39 is 0 Å². The predicted octanol–water partition coefficient (Wildman–Crippen LogP) is 2.05. The van der Waals surface area contributed by atoms with Crippen molar-refractivity contribution >= 4 is 17.7 Å². The van der Waals surface area contributed by atoms with Crippen LogP contribution >= 0.6 is 11.8 Å². The number of nitrogen functional groups attached to an aromatic ring is 1. The lowest BCUT2D eigenvalue weighted by molar-refractivity contribution is -0.118. The van der Waals surface area contributed by atoms with Crippen molar-refractivity contribution < 1.29 is 9.53 Å². The van der Waals surface area contributed by atoms with E-state index in [1.165, 1.54) is 16.4 Å². The monoisotopic (exact) mass is 363 g/mol. The van der Waals surface area contributed by atoms with Crippen LogP contribution in [0.3, 0.4) is 0 Å². The Hall–Kier alpha value is -2.22. The molecule has 0 bridgehead atoms. The van der Waals surface area contributed by atoms with Crippen LogP contribution in [0.4, 0.5) is 0 Å². The second kappa shape index (κ2) is 8.75. The van der Waals surface area contributed by atoms with Gasteiger partial charge in [0.2, 0.25) is 11.1 Å². The molecular formula is C17H25N5O2S. The van der Waals surface area contributed by atoms with Gasteiger partial charge in [0.05, 0.1) is 5.75 Å². The molecule has 0 atom stereocenters. The highest BCUT2D eigenvalue weighted by Gasteiger charge is 2.13. The molecule has 0 spiro atoms. The molecule has 0 saturated heterocycles. The van der Waals surface area contributed by atoms with Gasteiger partial charge in [0.15, 0.2) is 5.82 Å². The van der Waals surface area contributed by atoms with Crippen molar-refractivity contribution in [2.75, 3.05) is 18.1 Å². The van der Waals surface area contributed by atoms with Crippen LogP contribution in [0.25, 0.3) is 0 Å². The molecule has 7 nitrogen and oxygen atoms in total. The van der Waals surface area contributed by atoms with Crippen molar-refractivity contribution in [3.8, 4) is 5.75 Å². The van der Waals surface area contributed by atoms with Gasteiger partial charge in [-0.3, -0.25) is 4.79 Å². The Balaban J connectivity index is 1.88. The summed E-state index contributed by atoms with van der Waals surface area (Å²) in [5, 5.41) is 11.4. The number of thioether (sulfide) groups is 1. The Morgan fingerprint density at radius 2 is 1.96 bits per heavy atom. The third-order valence-corrected chi connectivity index (χ3v) is 4.28. The Bertz CT molecular complexity index is 710. The summed E-state index contributed by atoms with van der Waals surface area (Å²) in [5.41, 5.74) is 2.26. The number of rotatable bonds is 8. The molecule has 0 aliphatic heterocycles. The quantitative estimate of drug-likeness (QED) is 0.551. The molecular weight excluding hydrogens is 338 g/mol. The fourth-order valence-electron chi connectivity index (χ4n) is 2.17. The van der Waals surface area contributed by atoms with Crippen molar-refractivity contribution in [1.82, 2.24) is 20.2 Å². The van der Waals surface area contributed by atoms with E-state index in [9.17, 15) is 4.79 Å². The molecule has 0 radical (unpaired) electrons. The largest absolute Gasteiger partial charge is 0.486 e. The Morgan fingerprint density at radius 3 is 2.60 bits per heavy atom. The number of carbonyl (C=O) groups is 1. The van der Waals surface area contributed by atoms with E-state index >= 15 is 0 Å². The summed E-state index contributed by atoms with van der Waals surface area (Å²) in [5.74, 6) is 7.89. The number of nitrogens with zero attached hydrogens (tertiary/aromatic N) is 3. The SMILES string of the molecule is Cc1cc(C)cc(OCc2nnc(SCC(=O)NCC(C)C)n2N)c1. The maximum Gasteiger partial charge on any atom is 0.230 e. The number of aryl methyl sites for hydroxylation is 2. The number of ether oxygens (including phenoxy) is 1. The molecule has 1 aromatic carbocycles. The van der Waals surface area contributed by atoms with Crippen molar-refractivity contribution in [3.63, 3.8) is 0 Å². The van der Waals surface area contributed by atoms with Crippen molar-refractivity contribution in [2.45, 2.75) is 39.5 Å². The normalized spacial score (nSPS) is 10.9. The second-order valence-corrected chi connectivity index (χ2v) is 7.31. The highest BCUT2D eigenvalue weighted by Crippen LogP contribution is 2.18. The fraction of sp³-hybridized carbons (Fsp3) is 0.471. The third-order valence-electron chi connectivity index (χ3n) is 3.34. The molecule has 1 heterocycles. The molecule has 2 rings (SSSR count). The minimum absolute atomic E-state index is 0.0465. The summed E-state index contributed by atoms with van der Waals surface area (Å²) >= 11 is 1.25. The van der Waals surface area contributed by atoms with Crippen molar-refractivity contribution in [3.05, 3.63) is 35.2 Å². The second-order valence-electron chi connectivity index (χ2n) is 6.37. The van der Waals surface area contributed by atoms with Crippen molar-refractivity contribution in [1.29, 1.82) is 0 Å². The Kier molecular flexibility index (Phi) is 6.69. The molecule has 1 aromatic heterocycles.